The number of ether oxygens (including phenoxy) is 1. The van der Waals surface area contributed by atoms with Crippen molar-refractivity contribution >= 4 is 17.2 Å². The van der Waals surface area contributed by atoms with Gasteiger partial charge in [0.1, 0.15) is 11.0 Å². The molecule has 6 rings (SSSR count). The van der Waals surface area contributed by atoms with Crippen LogP contribution in [0.15, 0.2) is 42.7 Å². The molecule has 14 heteroatoms. The number of nitrogens with two attached hydrogens (primary N) is 1. The number of fused-ring (bicyclic) bond motifs is 1. The summed E-state index contributed by atoms with van der Waals surface area (Å²) >= 11 is 1.23. The molecule has 1 saturated carbocycles. The summed E-state index contributed by atoms with van der Waals surface area (Å²) in [5.41, 5.74) is 4.10. The van der Waals surface area contributed by atoms with Crippen LogP contribution in [0.25, 0.3) is 22.1 Å². The van der Waals surface area contributed by atoms with Crippen molar-refractivity contribution in [3.8, 4) is 28.0 Å². The summed E-state index contributed by atoms with van der Waals surface area (Å²) in [7, 11) is 0. The summed E-state index contributed by atoms with van der Waals surface area (Å²) in [4.78, 5) is 32.7. The topological polar surface area (TPSA) is 107 Å². The number of hydrogen-bond donors (Lipinski definition) is 1. The number of benzene rings is 1. The Bertz CT molecular complexity index is 1710. The van der Waals surface area contributed by atoms with Crippen LogP contribution in [0.2, 0.25) is 0 Å². The highest BCUT2D eigenvalue weighted by Gasteiger charge is 2.59. The van der Waals surface area contributed by atoms with Crippen LogP contribution in [0.5, 0.6) is 5.88 Å². The van der Waals surface area contributed by atoms with Crippen molar-refractivity contribution in [1.82, 2.24) is 24.8 Å². The lowest BCUT2D eigenvalue weighted by Gasteiger charge is -2.22. The minimum absolute atomic E-state index is 0.0224. The number of rotatable bonds is 6. The second-order valence-electron chi connectivity index (χ2n) is 11.2. The largest absolute Gasteiger partial charge is 0.474 e. The molecule has 2 unspecified atom stereocenters. The van der Waals surface area contributed by atoms with Crippen LogP contribution >= 0.6 is 11.3 Å². The van der Waals surface area contributed by atoms with E-state index in [2.05, 4.69) is 19.9 Å². The number of carbonyl (C=O) groups excluding carboxylic acids is 1. The van der Waals surface area contributed by atoms with E-state index in [1.807, 2.05) is 0 Å². The van der Waals surface area contributed by atoms with Gasteiger partial charge >= 0.3 is 6.18 Å². The van der Waals surface area contributed by atoms with Crippen molar-refractivity contribution < 1.29 is 31.5 Å². The average molecular weight is 617 g/mol. The predicted molar refractivity (Wildman–Crippen MR) is 147 cm³/mol. The first kappa shape index (κ1) is 29.1. The molecule has 8 nitrogen and oxygen atoms in total. The Labute approximate surface area is 246 Å². The first-order valence-electron chi connectivity index (χ1n) is 13.3. The van der Waals surface area contributed by atoms with Gasteiger partial charge in [0, 0.05) is 54.5 Å². The van der Waals surface area contributed by atoms with E-state index in [-0.39, 0.29) is 35.4 Å². The number of aryl methyl sites for hydroxylation is 1. The molecule has 2 N–H and O–H groups in total. The van der Waals surface area contributed by atoms with Crippen molar-refractivity contribution in [2.24, 2.45) is 17.6 Å². The second kappa shape index (κ2) is 10.3. The van der Waals surface area contributed by atoms with Crippen molar-refractivity contribution in [3.63, 3.8) is 0 Å². The van der Waals surface area contributed by atoms with E-state index in [4.69, 9.17) is 10.5 Å². The van der Waals surface area contributed by atoms with Crippen LogP contribution in [-0.2, 0) is 11.7 Å². The van der Waals surface area contributed by atoms with Gasteiger partial charge in [0.15, 0.2) is 22.5 Å². The average Bonchev–Trinajstić information content (AvgIpc) is 3.26. The minimum atomic E-state index is -5.05. The van der Waals surface area contributed by atoms with E-state index >= 15 is 0 Å². The number of alkyl halides is 3. The highest BCUT2D eigenvalue weighted by Crippen LogP contribution is 2.49. The lowest BCUT2D eigenvalue weighted by atomic mass is 9.94. The number of piperidine rings is 1. The molecule has 3 aromatic heterocycles. The molecule has 0 spiro atoms. The number of carbonyl (C=O) groups is 1. The third-order valence-corrected chi connectivity index (χ3v) is 8.76. The molecule has 1 aliphatic heterocycles. The van der Waals surface area contributed by atoms with Gasteiger partial charge in [0.05, 0.1) is 17.0 Å². The smallest absolute Gasteiger partial charge is 0.419 e. The fourth-order valence-corrected chi connectivity index (χ4v) is 6.22. The van der Waals surface area contributed by atoms with Gasteiger partial charge in [-0.25, -0.2) is 28.7 Å². The van der Waals surface area contributed by atoms with Crippen molar-refractivity contribution in [2.75, 3.05) is 13.1 Å². The van der Waals surface area contributed by atoms with E-state index in [1.54, 1.807) is 50.2 Å². The van der Waals surface area contributed by atoms with Crippen molar-refractivity contribution in [3.05, 3.63) is 76.1 Å². The van der Waals surface area contributed by atoms with Gasteiger partial charge in [0.25, 0.3) is 5.91 Å². The highest BCUT2D eigenvalue weighted by atomic mass is 32.1. The molecule has 2 atom stereocenters. The zero-order chi connectivity index (χ0) is 30.8. The number of likely N-dealkylation sites (tertiary alicyclic amines) is 1. The Balaban J connectivity index is 1.19. The summed E-state index contributed by atoms with van der Waals surface area (Å²) < 4.78 is 74.6. The molecule has 2 fully saturated rings. The monoisotopic (exact) mass is 616 g/mol. The van der Waals surface area contributed by atoms with Crippen LogP contribution in [0.3, 0.4) is 0 Å². The first-order chi connectivity index (χ1) is 20.2. The third kappa shape index (κ3) is 5.44. The van der Waals surface area contributed by atoms with E-state index in [1.165, 1.54) is 17.4 Å². The molecule has 4 aromatic rings. The second-order valence-corrected chi connectivity index (χ2v) is 12.2. The maximum absolute atomic E-state index is 14.9. The van der Waals surface area contributed by atoms with E-state index in [0.717, 1.165) is 6.07 Å². The zero-order valence-electron chi connectivity index (χ0n) is 23.1. The maximum Gasteiger partial charge on any atom is 0.419 e. The van der Waals surface area contributed by atoms with E-state index < -0.39 is 34.5 Å². The number of hydrogen-bond acceptors (Lipinski definition) is 8. The minimum Gasteiger partial charge on any atom is -0.474 e. The Morgan fingerprint density at radius 1 is 1.05 bits per heavy atom. The molecule has 0 bridgehead atoms. The normalized spacial score (nSPS) is 19.8. The van der Waals surface area contributed by atoms with Gasteiger partial charge in [-0.05, 0) is 50.6 Å². The van der Waals surface area contributed by atoms with Crippen molar-refractivity contribution in [2.45, 2.75) is 38.6 Å². The summed E-state index contributed by atoms with van der Waals surface area (Å²) in [6.07, 6.45) is -2.13. The van der Waals surface area contributed by atoms with Gasteiger partial charge < -0.3 is 15.4 Å². The number of pyridine rings is 1. The maximum atomic E-state index is 14.9. The van der Waals surface area contributed by atoms with Gasteiger partial charge in [-0.15, -0.1) is 11.3 Å². The predicted octanol–water partition coefficient (Wildman–Crippen LogP) is 5.61. The molecule has 1 aromatic carbocycles. The summed E-state index contributed by atoms with van der Waals surface area (Å²) in [6.45, 7) is 6.02. The Kier molecular flexibility index (Phi) is 6.96. The number of halogens is 5. The summed E-state index contributed by atoms with van der Waals surface area (Å²) in [6, 6.07) is 5.99. The van der Waals surface area contributed by atoms with Crippen LogP contribution in [-0.4, -0.2) is 49.9 Å². The standard InChI is InChI=1S/C29H25F5N6O2S/c1-13-24(43-26(38-13)25-36-7-4-8-37-25)27(41)40-11-16-17(12-40)23(16)42-20-10-14(28(2,3)35)9-19(39-20)15-5-6-18(29(32,33)34)22(31)21(15)30/h4-10,16-17,23H,11-12,35H2,1-3H3. The Morgan fingerprint density at radius 2 is 1.72 bits per heavy atom. The Morgan fingerprint density at radius 3 is 2.35 bits per heavy atom. The molecular weight excluding hydrogens is 591 g/mol. The molecule has 4 heterocycles. The van der Waals surface area contributed by atoms with Crippen LogP contribution < -0.4 is 10.5 Å². The number of thiazole rings is 1. The van der Waals surface area contributed by atoms with Gasteiger partial charge in [-0.3, -0.25) is 4.79 Å². The molecule has 1 saturated heterocycles. The number of aromatic nitrogens is 4. The fourth-order valence-electron chi connectivity index (χ4n) is 5.24. The molecule has 43 heavy (non-hydrogen) atoms. The van der Waals surface area contributed by atoms with Gasteiger partial charge in [-0.1, -0.05) is 0 Å². The lowest BCUT2D eigenvalue weighted by Crippen LogP contribution is -2.33. The molecule has 2 aliphatic rings. The SMILES string of the molecule is Cc1nc(-c2ncccn2)sc1C(=O)N1CC2C(C1)C2Oc1cc(C(C)(C)N)cc(-c2ccc(C(F)(F)F)c(F)c2F)n1. The third-order valence-electron chi connectivity index (χ3n) is 7.62. The molecular formula is C29H25F5N6O2S. The lowest BCUT2D eigenvalue weighted by molar-refractivity contribution is -0.140. The fraction of sp³-hybridized carbons (Fsp3) is 0.345. The molecule has 224 valence electrons. The van der Waals surface area contributed by atoms with Crippen molar-refractivity contribution in [1.29, 1.82) is 0 Å². The van der Waals surface area contributed by atoms with Gasteiger partial charge in [-0.2, -0.15) is 13.2 Å². The van der Waals surface area contributed by atoms with E-state index in [0.29, 0.717) is 46.1 Å². The first-order valence-corrected chi connectivity index (χ1v) is 14.1. The molecule has 1 amide bonds. The Hall–Kier alpha value is -4.04. The summed E-state index contributed by atoms with van der Waals surface area (Å²) in [5.74, 6) is -3.25. The summed E-state index contributed by atoms with van der Waals surface area (Å²) in [5, 5.41) is 0.556. The number of nitrogens with zero attached hydrogens (tertiary/aromatic N) is 5. The molecule has 0 radical (unpaired) electrons. The number of amides is 1. The zero-order valence-corrected chi connectivity index (χ0v) is 23.9. The van der Waals surface area contributed by atoms with Gasteiger partial charge in [0.2, 0.25) is 5.88 Å². The van der Waals surface area contributed by atoms with Crippen LogP contribution in [0.1, 0.15) is 40.3 Å². The highest BCUT2D eigenvalue weighted by molar-refractivity contribution is 7.17. The quantitative estimate of drug-likeness (QED) is 0.281. The van der Waals surface area contributed by atoms with Crippen LogP contribution in [0.4, 0.5) is 22.0 Å². The van der Waals surface area contributed by atoms with Crippen LogP contribution in [0, 0.1) is 30.4 Å². The van der Waals surface area contributed by atoms with E-state index in [9.17, 15) is 26.7 Å². The molecule has 1 aliphatic carbocycles.